The van der Waals surface area contributed by atoms with Crippen molar-refractivity contribution in [3.05, 3.63) is 17.7 Å². The van der Waals surface area contributed by atoms with Crippen LogP contribution in [0.15, 0.2) is 12.1 Å². The lowest BCUT2D eigenvalue weighted by Gasteiger charge is -2.11. The van der Waals surface area contributed by atoms with Crippen LogP contribution in [-0.2, 0) is 0 Å². The molecule has 0 saturated heterocycles. The fourth-order valence-electron chi connectivity index (χ4n) is 1.50. The zero-order chi connectivity index (χ0) is 12.3. The summed E-state index contributed by atoms with van der Waals surface area (Å²) in [6.45, 7) is 3.84. The molecule has 0 aromatic heterocycles. The van der Waals surface area contributed by atoms with Crippen molar-refractivity contribution in [2.24, 2.45) is 5.92 Å². The smallest absolute Gasteiger partial charge is 0.170 e. The van der Waals surface area contributed by atoms with Gasteiger partial charge in [0.1, 0.15) is 22.8 Å². The van der Waals surface area contributed by atoms with Crippen LogP contribution >= 0.6 is 0 Å². The van der Waals surface area contributed by atoms with Gasteiger partial charge >= 0.3 is 0 Å². The summed E-state index contributed by atoms with van der Waals surface area (Å²) in [5.74, 6) is -0.171. The third-order valence-electron chi connectivity index (χ3n) is 2.16. The van der Waals surface area contributed by atoms with E-state index in [4.69, 9.17) is 4.74 Å². The van der Waals surface area contributed by atoms with Gasteiger partial charge in [-0.3, -0.25) is 4.79 Å². The fraction of sp³-hybridized carbons (Fsp3) is 0.417. The van der Waals surface area contributed by atoms with E-state index in [9.17, 15) is 15.0 Å². The molecule has 0 unspecified atom stereocenters. The summed E-state index contributed by atoms with van der Waals surface area (Å²) in [7, 11) is 1.39. The van der Waals surface area contributed by atoms with Crippen LogP contribution in [0.1, 0.15) is 30.6 Å². The maximum Gasteiger partial charge on any atom is 0.170 e. The van der Waals surface area contributed by atoms with Gasteiger partial charge in [-0.25, -0.2) is 0 Å². The van der Waals surface area contributed by atoms with Gasteiger partial charge in [-0.15, -0.1) is 0 Å². The molecule has 0 amide bonds. The molecule has 0 saturated carbocycles. The maximum atomic E-state index is 11.8. The van der Waals surface area contributed by atoms with E-state index in [2.05, 4.69) is 0 Å². The first-order valence-corrected chi connectivity index (χ1v) is 5.08. The van der Waals surface area contributed by atoms with Gasteiger partial charge in [0.25, 0.3) is 0 Å². The van der Waals surface area contributed by atoms with E-state index in [1.165, 1.54) is 13.2 Å². The van der Waals surface area contributed by atoms with Crippen molar-refractivity contribution in [1.82, 2.24) is 0 Å². The Bertz CT molecular complexity index is 396. The molecule has 1 aromatic carbocycles. The lowest BCUT2D eigenvalue weighted by atomic mass is 9.99. The predicted molar refractivity (Wildman–Crippen MR) is 60.1 cm³/mol. The van der Waals surface area contributed by atoms with Crippen LogP contribution in [0.2, 0.25) is 0 Å². The molecule has 0 spiro atoms. The quantitative estimate of drug-likeness (QED) is 0.770. The number of hydrogen-bond acceptors (Lipinski definition) is 4. The molecule has 4 heteroatoms. The van der Waals surface area contributed by atoms with Crippen molar-refractivity contribution in [3.8, 4) is 17.2 Å². The molecular formula is C12H16O4. The van der Waals surface area contributed by atoms with Gasteiger partial charge in [0.15, 0.2) is 5.78 Å². The first kappa shape index (κ1) is 12.4. The second-order valence-electron chi connectivity index (χ2n) is 4.06. The molecule has 0 radical (unpaired) electrons. The number of hydrogen-bond donors (Lipinski definition) is 2. The Morgan fingerprint density at radius 3 is 2.50 bits per heavy atom. The first-order chi connectivity index (χ1) is 7.45. The highest BCUT2D eigenvalue weighted by Gasteiger charge is 2.19. The maximum absolute atomic E-state index is 11.8. The zero-order valence-electron chi connectivity index (χ0n) is 9.65. The Balaban J connectivity index is 3.16. The van der Waals surface area contributed by atoms with Crippen molar-refractivity contribution in [2.45, 2.75) is 20.3 Å². The van der Waals surface area contributed by atoms with Gasteiger partial charge < -0.3 is 14.9 Å². The highest BCUT2D eigenvalue weighted by molar-refractivity contribution is 6.01. The second-order valence-corrected chi connectivity index (χ2v) is 4.06. The average molecular weight is 224 g/mol. The first-order valence-electron chi connectivity index (χ1n) is 5.08. The second kappa shape index (κ2) is 4.88. The summed E-state index contributed by atoms with van der Waals surface area (Å²) in [6, 6.07) is 2.45. The molecule has 16 heavy (non-hydrogen) atoms. The van der Waals surface area contributed by atoms with Gasteiger partial charge in [-0.2, -0.15) is 0 Å². The van der Waals surface area contributed by atoms with Crippen LogP contribution in [0.25, 0.3) is 0 Å². The molecule has 0 atom stereocenters. The molecule has 2 N–H and O–H groups in total. The Morgan fingerprint density at radius 2 is 2.00 bits per heavy atom. The van der Waals surface area contributed by atoms with Crippen LogP contribution in [-0.4, -0.2) is 23.1 Å². The molecule has 0 aliphatic carbocycles. The van der Waals surface area contributed by atoms with Crippen molar-refractivity contribution in [2.75, 3.05) is 7.11 Å². The number of carbonyl (C=O) groups excluding carboxylic acids is 1. The molecule has 0 aliphatic heterocycles. The topological polar surface area (TPSA) is 66.8 Å². The molecule has 4 nitrogen and oxygen atoms in total. The summed E-state index contributed by atoms with van der Waals surface area (Å²) in [5, 5.41) is 18.9. The van der Waals surface area contributed by atoms with E-state index in [0.29, 0.717) is 6.42 Å². The SMILES string of the molecule is COc1cc(O)cc(O)c1C(=O)CC(C)C. The molecule has 1 rings (SSSR count). The summed E-state index contributed by atoms with van der Waals surface area (Å²) < 4.78 is 4.97. The Hall–Kier alpha value is -1.71. The minimum Gasteiger partial charge on any atom is -0.508 e. The van der Waals surface area contributed by atoms with Crippen molar-refractivity contribution in [3.63, 3.8) is 0 Å². The van der Waals surface area contributed by atoms with Crippen molar-refractivity contribution >= 4 is 5.78 Å². The lowest BCUT2D eigenvalue weighted by molar-refractivity contribution is 0.0962. The van der Waals surface area contributed by atoms with Gasteiger partial charge in [0.2, 0.25) is 0 Å². The van der Waals surface area contributed by atoms with Crippen LogP contribution in [0.3, 0.4) is 0 Å². The van der Waals surface area contributed by atoms with E-state index in [0.717, 1.165) is 6.07 Å². The number of benzene rings is 1. The summed E-state index contributed by atoms with van der Waals surface area (Å²) in [6.07, 6.45) is 0.328. The van der Waals surface area contributed by atoms with Gasteiger partial charge in [-0.1, -0.05) is 13.8 Å². The third-order valence-corrected chi connectivity index (χ3v) is 2.16. The van der Waals surface area contributed by atoms with E-state index < -0.39 is 0 Å². The van der Waals surface area contributed by atoms with E-state index in [1.807, 2.05) is 13.8 Å². The molecule has 0 heterocycles. The number of rotatable bonds is 4. The highest BCUT2D eigenvalue weighted by Crippen LogP contribution is 2.34. The molecule has 88 valence electrons. The highest BCUT2D eigenvalue weighted by atomic mass is 16.5. The molecule has 0 bridgehead atoms. The molecule has 0 fully saturated rings. The lowest BCUT2D eigenvalue weighted by Crippen LogP contribution is -2.06. The standard InChI is InChI=1S/C12H16O4/c1-7(2)4-9(14)12-10(15)5-8(13)6-11(12)16-3/h5-7,13,15H,4H2,1-3H3. The predicted octanol–water partition coefficient (Wildman–Crippen LogP) is 2.34. The Labute approximate surface area is 94.5 Å². The Morgan fingerprint density at radius 1 is 1.38 bits per heavy atom. The van der Waals surface area contributed by atoms with Gasteiger partial charge in [0.05, 0.1) is 7.11 Å². The van der Waals surface area contributed by atoms with Crippen molar-refractivity contribution < 1.29 is 19.7 Å². The van der Waals surface area contributed by atoms with Crippen LogP contribution in [0.5, 0.6) is 17.2 Å². The fourth-order valence-corrected chi connectivity index (χ4v) is 1.50. The van der Waals surface area contributed by atoms with E-state index in [-0.39, 0.29) is 34.5 Å². The van der Waals surface area contributed by atoms with Crippen molar-refractivity contribution in [1.29, 1.82) is 0 Å². The van der Waals surface area contributed by atoms with E-state index >= 15 is 0 Å². The number of ketones is 1. The number of phenolic OH excluding ortho intramolecular Hbond substituents is 2. The van der Waals surface area contributed by atoms with Crippen LogP contribution in [0.4, 0.5) is 0 Å². The monoisotopic (exact) mass is 224 g/mol. The van der Waals surface area contributed by atoms with Crippen LogP contribution < -0.4 is 4.74 Å². The number of ether oxygens (including phenoxy) is 1. The zero-order valence-corrected chi connectivity index (χ0v) is 9.65. The Kier molecular flexibility index (Phi) is 3.77. The summed E-state index contributed by atoms with van der Waals surface area (Å²) >= 11 is 0. The number of carbonyl (C=O) groups is 1. The van der Waals surface area contributed by atoms with Gasteiger partial charge in [-0.05, 0) is 5.92 Å². The number of methoxy groups -OCH3 is 1. The minimum atomic E-state index is -0.248. The molecule has 0 aliphatic rings. The number of aromatic hydroxyl groups is 2. The molecule has 1 aromatic rings. The average Bonchev–Trinajstić information content (AvgIpc) is 2.14. The summed E-state index contributed by atoms with van der Waals surface area (Å²) in [5.41, 5.74) is 0.133. The number of Topliss-reactive ketones (excluding diaryl/α,β-unsaturated/α-hetero) is 1. The minimum absolute atomic E-state index is 0.129. The third kappa shape index (κ3) is 2.66. The van der Waals surface area contributed by atoms with E-state index in [1.54, 1.807) is 0 Å². The largest absolute Gasteiger partial charge is 0.508 e. The normalized spacial score (nSPS) is 10.5. The van der Waals surface area contributed by atoms with Gasteiger partial charge in [0, 0.05) is 18.6 Å². The van der Waals surface area contributed by atoms with Crippen LogP contribution in [0, 0.1) is 5.92 Å². The number of phenols is 2. The summed E-state index contributed by atoms with van der Waals surface area (Å²) in [4.78, 5) is 11.8. The molecular weight excluding hydrogens is 208 g/mol.